The van der Waals surface area contributed by atoms with Crippen molar-refractivity contribution in [3.05, 3.63) is 100 Å². The van der Waals surface area contributed by atoms with Crippen LogP contribution in [0.1, 0.15) is 170 Å². The number of nitrogens with two attached hydrogens (primary N) is 1. The van der Waals surface area contributed by atoms with Gasteiger partial charge in [0.2, 0.25) is 17.7 Å². The maximum atomic E-state index is 14.9. The minimum atomic E-state index is -0.830. The summed E-state index contributed by atoms with van der Waals surface area (Å²) in [6, 6.07) is 13.6. The van der Waals surface area contributed by atoms with Gasteiger partial charge in [0.15, 0.2) is 0 Å². The molecule has 3 fully saturated rings. The van der Waals surface area contributed by atoms with Gasteiger partial charge in [0.05, 0.1) is 36.9 Å². The van der Waals surface area contributed by atoms with Crippen molar-refractivity contribution < 1.29 is 28.4 Å². The highest BCUT2D eigenvalue weighted by atomic mass is 19.1. The lowest BCUT2D eigenvalue weighted by molar-refractivity contribution is -0.144. The Morgan fingerprint density at radius 1 is 0.936 bits per heavy atom. The second-order valence-corrected chi connectivity index (χ2v) is 23.0. The molecule has 1 aliphatic carbocycles. The van der Waals surface area contributed by atoms with Crippen LogP contribution in [0.15, 0.2) is 60.8 Å². The normalized spacial score (nSPS) is 19.4. The third-order valence-electron chi connectivity index (χ3n) is 16.2. The molecule has 78 heavy (non-hydrogen) atoms. The van der Waals surface area contributed by atoms with Gasteiger partial charge in [0, 0.05) is 55.3 Å². The van der Waals surface area contributed by atoms with E-state index in [4.69, 9.17) is 17.4 Å². The lowest BCUT2D eigenvalue weighted by atomic mass is 9.85. The molecule has 3 aliphatic heterocycles. The summed E-state index contributed by atoms with van der Waals surface area (Å²) in [5.74, 6) is -0.509. The lowest BCUT2D eigenvalue weighted by Gasteiger charge is -2.36. The van der Waals surface area contributed by atoms with Crippen molar-refractivity contribution in [2.45, 2.75) is 186 Å². The first-order chi connectivity index (χ1) is 37.5. The number of carbonyl (C=O) groups excluding carboxylic acids is 5. The van der Waals surface area contributed by atoms with Gasteiger partial charge in [-0.1, -0.05) is 90.3 Å². The van der Waals surface area contributed by atoms with Gasteiger partial charge >= 0.3 is 0 Å². The average Bonchev–Trinajstić information content (AvgIpc) is 3.88. The molecule has 4 aliphatic rings. The molecule has 18 heteroatoms. The number of ketones is 1. The van der Waals surface area contributed by atoms with E-state index in [0.717, 1.165) is 76.3 Å². The number of nitrogen functional groups attached to an aromatic ring is 1. The van der Waals surface area contributed by atoms with Crippen molar-refractivity contribution in [2.24, 2.45) is 5.41 Å². The molecule has 5 heterocycles. The Bertz CT molecular complexity index is 2820. The van der Waals surface area contributed by atoms with E-state index in [1.54, 1.807) is 35.8 Å². The predicted octanol–water partition coefficient (Wildman–Crippen LogP) is 8.72. The molecule has 0 radical (unpaired) electrons. The first kappa shape index (κ1) is 57.5. The number of hydrogen-bond acceptors (Lipinski definition) is 11. The fraction of sp³-hybridized carbons (Fsp3) is 0.567. The molecule has 6 N–H and O–H groups in total. The molecule has 2 bridgehead atoms. The summed E-state index contributed by atoms with van der Waals surface area (Å²) in [4.78, 5) is 83.6. The summed E-state index contributed by atoms with van der Waals surface area (Å²) < 4.78 is 16.6. The number of amides is 4. The number of hydrogen-bond donors (Lipinski definition) is 5. The van der Waals surface area contributed by atoms with Crippen molar-refractivity contribution in [3.63, 3.8) is 0 Å². The molecular formula is C60H81FN12O5. The summed E-state index contributed by atoms with van der Waals surface area (Å²) in [6.07, 6.45) is 13.1. The zero-order chi connectivity index (χ0) is 55.7. The summed E-state index contributed by atoms with van der Waals surface area (Å²) in [6.45, 7) is 20.2. The van der Waals surface area contributed by atoms with Gasteiger partial charge in [-0.3, -0.25) is 24.0 Å². The number of fused-ring (bicyclic) bond motifs is 8. The average molecular weight is 1070 g/mol. The largest absolute Gasteiger partial charge is 0.382 e. The highest BCUT2D eigenvalue weighted by Gasteiger charge is 2.46. The Labute approximate surface area is 459 Å². The first-order valence-corrected chi connectivity index (χ1v) is 28.5. The van der Waals surface area contributed by atoms with Crippen LogP contribution >= 0.6 is 0 Å². The Hall–Kier alpha value is -6.71. The van der Waals surface area contributed by atoms with Crippen LogP contribution in [0.3, 0.4) is 0 Å². The van der Waals surface area contributed by atoms with Crippen molar-refractivity contribution in [1.29, 1.82) is 0 Å². The predicted molar refractivity (Wildman–Crippen MR) is 301 cm³/mol. The van der Waals surface area contributed by atoms with E-state index in [-0.39, 0.29) is 60.1 Å². The molecule has 4 aromatic rings. The highest BCUT2D eigenvalue weighted by molar-refractivity contribution is 5.97. The second kappa shape index (κ2) is 25.8. The summed E-state index contributed by atoms with van der Waals surface area (Å²) in [5, 5.41) is 17.8. The summed E-state index contributed by atoms with van der Waals surface area (Å²) >= 11 is 0. The smallest absolute Gasteiger partial charge is 0.260 e. The third kappa shape index (κ3) is 13.6. The Morgan fingerprint density at radius 3 is 2.37 bits per heavy atom. The van der Waals surface area contributed by atoms with Crippen LogP contribution in [-0.2, 0) is 32.3 Å². The number of anilines is 2. The minimum absolute atomic E-state index is 0.00866. The molecule has 8 rings (SSSR count). The molecule has 1 saturated carbocycles. The topological polar surface area (TPSA) is 204 Å². The second-order valence-electron chi connectivity index (χ2n) is 23.0. The molecule has 418 valence electrons. The fourth-order valence-corrected chi connectivity index (χ4v) is 11.5. The number of rotatable bonds is 23. The summed E-state index contributed by atoms with van der Waals surface area (Å²) in [7, 11) is 1.70. The number of likely N-dealkylation sites (N-methyl/N-ethyl adjacent to an activating group) is 1. The number of halogens is 1. The molecule has 0 spiro atoms. The van der Waals surface area contributed by atoms with Gasteiger partial charge in [-0.05, 0) is 125 Å². The SMILES string of the molecule is [C-]#[N+]c1c2c(nn1CCCC(=O)CCCCCCCCN[C@@H]1C[C@H](C(=O)N[C@@H](CC)c3ccccc3)N(C(=O)[C@H](NC(=O)[C@@H](C)NC)C(C)(C)C)C1)CN(C1CC1)C(=O)c1ccc(F)cc1[C@H]1CCCN1c1cc-2cnc1N. The molecule has 17 nitrogen and oxygen atoms in total. The quantitative estimate of drug-likeness (QED) is 0.0351. The molecular weight excluding hydrogens is 988 g/mol. The molecule has 4 amide bonds. The number of nitrogens with zero attached hydrogens (tertiary/aromatic N) is 7. The molecule has 2 saturated heterocycles. The maximum absolute atomic E-state index is 14.9. The fourth-order valence-electron chi connectivity index (χ4n) is 11.5. The number of pyridine rings is 1. The van der Waals surface area contributed by atoms with Crippen LogP contribution in [0.25, 0.3) is 16.0 Å². The van der Waals surface area contributed by atoms with E-state index in [9.17, 15) is 28.4 Å². The summed E-state index contributed by atoms with van der Waals surface area (Å²) in [5.41, 5.74) is 10.6. The van der Waals surface area contributed by atoms with Gasteiger partial charge in [-0.15, -0.1) is 5.10 Å². The van der Waals surface area contributed by atoms with Crippen molar-refractivity contribution in [2.75, 3.05) is 37.3 Å². The zero-order valence-corrected chi connectivity index (χ0v) is 46.6. The van der Waals surface area contributed by atoms with E-state index in [1.165, 1.54) is 12.1 Å². The number of Topliss-reactive ketones (excluding diaryl/α,β-unsaturated/α-hetero) is 1. The number of carbonyl (C=O) groups is 5. The standard InChI is InChI=1S/C60H81FN12O5/c1-8-47(39-20-14-13-15-21-39)67-57(76)51-34-42(36-72(51)59(78)53(60(3,4)5)68-56(75)38(2)63-6)65-29-17-12-10-9-11-16-22-44(74)23-18-31-73-55(64-7)52-40-32-50(54(62)66-35-40)70-30-19-24-49(70)46-33-41(61)25-28-45(46)58(77)71(43-26-27-43)37-48(52)69-73/h13-15,20-21,25,28,32-33,35,38,42-43,47,49,51,53,63,65H,8-12,16-19,22-24,26-27,29-31,34,36-37H2,1-6H3,(H2,62,66)(H,67,76)(H,68,75)/t38-,42-,47+,49-,51-,53+/m1/s1. The van der Waals surface area contributed by atoms with E-state index in [2.05, 4.69) is 36.0 Å². The van der Waals surface area contributed by atoms with Crippen LogP contribution in [0, 0.1) is 17.8 Å². The van der Waals surface area contributed by atoms with Gasteiger partial charge < -0.3 is 46.5 Å². The van der Waals surface area contributed by atoms with Gasteiger partial charge in [0.25, 0.3) is 11.7 Å². The number of benzene rings is 2. The van der Waals surface area contributed by atoms with Crippen molar-refractivity contribution in [3.8, 4) is 11.1 Å². The molecule has 2 aromatic heterocycles. The maximum Gasteiger partial charge on any atom is 0.260 e. The van der Waals surface area contributed by atoms with Gasteiger partial charge in [-0.25, -0.2) is 9.37 Å². The number of nitrogens with one attached hydrogen (secondary N) is 4. The van der Waals surface area contributed by atoms with Crippen LogP contribution in [0.5, 0.6) is 0 Å². The van der Waals surface area contributed by atoms with E-state index >= 15 is 0 Å². The van der Waals surface area contributed by atoms with Crippen LogP contribution < -0.4 is 31.9 Å². The van der Waals surface area contributed by atoms with Crippen molar-refractivity contribution >= 4 is 46.7 Å². The van der Waals surface area contributed by atoms with Crippen LogP contribution in [0.4, 0.5) is 21.7 Å². The monoisotopic (exact) mass is 1070 g/mol. The number of aryl methyl sites for hydroxylation is 1. The minimum Gasteiger partial charge on any atom is -0.382 e. The van der Waals surface area contributed by atoms with Crippen LogP contribution in [0.2, 0.25) is 0 Å². The number of aromatic nitrogens is 3. The zero-order valence-electron chi connectivity index (χ0n) is 46.6. The molecule has 0 unspecified atom stereocenters. The Kier molecular flexibility index (Phi) is 19.0. The Balaban J connectivity index is 0.817. The number of unbranched alkanes of at least 4 members (excludes halogenated alkanes) is 5. The van der Waals surface area contributed by atoms with E-state index < -0.39 is 29.4 Å². The van der Waals surface area contributed by atoms with Gasteiger partial charge in [-0.2, -0.15) is 4.68 Å². The Morgan fingerprint density at radius 2 is 1.67 bits per heavy atom. The first-order valence-electron chi connectivity index (χ1n) is 28.5. The number of likely N-dealkylation sites (tertiary alicyclic amines) is 1. The third-order valence-corrected chi connectivity index (χ3v) is 16.2. The van der Waals surface area contributed by atoms with Crippen molar-refractivity contribution in [1.82, 2.24) is 45.8 Å². The highest BCUT2D eigenvalue weighted by Crippen LogP contribution is 2.45. The van der Waals surface area contributed by atoms with E-state index in [0.29, 0.717) is 97.0 Å². The van der Waals surface area contributed by atoms with Gasteiger partial charge in [0.1, 0.15) is 35.2 Å². The lowest BCUT2D eigenvalue weighted by Crippen LogP contribution is -2.59. The molecule has 6 atom stereocenters. The van der Waals surface area contributed by atoms with E-state index in [1.807, 2.05) is 69.0 Å². The molecule has 2 aromatic carbocycles. The van der Waals surface area contributed by atoms with Crippen LogP contribution in [-0.4, -0.2) is 111 Å².